The molecule has 4 heterocycles. The molecule has 126 valence electrons. The SMILES string of the molecule is Nc1nc2c(c(N3CCN(c4cccnc4)CC3)n1)CCNCC2. The molecular weight excluding hydrogens is 302 g/mol. The van der Waals surface area contributed by atoms with Crippen LogP contribution < -0.4 is 20.9 Å². The monoisotopic (exact) mass is 325 g/mol. The summed E-state index contributed by atoms with van der Waals surface area (Å²) in [5.41, 5.74) is 9.53. The summed E-state index contributed by atoms with van der Waals surface area (Å²) in [6, 6.07) is 4.10. The number of pyridine rings is 1. The van der Waals surface area contributed by atoms with Crippen molar-refractivity contribution >= 4 is 17.5 Å². The largest absolute Gasteiger partial charge is 0.368 e. The average Bonchev–Trinajstić information content (AvgIpc) is 2.87. The van der Waals surface area contributed by atoms with Crippen molar-refractivity contribution in [3.05, 3.63) is 35.8 Å². The summed E-state index contributed by atoms with van der Waals surface area (Å²) in [6.45, 7) is 5.72. The standard InChI is InChI=1S/C17H23N7/c18-17-21-15-4-7-19-6-3-14(15)16(22-17)24-10-8-23(9-11-24)13-2-1-5-20-12-13/h1-2,5,12,19H,3-4,6-11H2,(H2,18,21,22). The Labute approximate surface area is 141 Å². The minimum absolute atomic E-state index is 0.389. The Morgan fingerprint density at radius 2 is 1.79 bits per heavy atom. The summed E-state index contributed by atoms with van der Waals surface area (Å²) >= 11 is 0. The molecule has 2 aliphatic heterocycles. The first-order valence-electron chi connectivity index (χ1n) is 8.57. The number of fused-ring (bicyclic) bond motifs is 1. The van der Waals surface area contributed by atoms with Crippen LogP contribution in [0.5, 0.6) is 0 Å². The van der Waals surface area contributed by atoms with Gasteiger partial charge in [-0.2, -0.15) is 4.98 Å². The van der Waals surface area contributed by atoms with Gasteiger partial charge in [0.15, 0.2) is 0 Å². The minimum atomic E-state index is 0.389. The van der Waals surface area contributed by atoms with E-state index in [-0.39, 0.29) is 0 Å². The van der Waals surface area contributed by atoms with E-state index in [1.54, 1.807) is 0 Å². The molecule has 0 unspecified atom stereocenters. The highest BCUT2D eigenvalue weighted by molar-refractivity contribution is 5.55. The van der Waals surface area contributed by atoms with Gasteiger partial charge < -0.3 is 20.9 Å². The van der Waals surface area contributed by atoms with Crippen LogP contribution in [0.4, 0.5) is 17.5 Å². The van der Waals surface area contributed by atoms with Gasteiger partial charge in [-0.15, -0.1) is 0 Å². The van der Waals surface area contributed by atoms with E-state index in [1.807, 2.05) is 18.5 Å². The molecule has 7 heteroatoms. The third-order valence-electron chi connectivity index (χ3n) is 4.77. The van der Waals surface area contributed by atoms with Crippen molar-refractivity contribution in [2.45, 2.75) is 12.8 Å². The fraction of sp³-hybridized carbons (Fsp3) is 0.471. The molecule has 3 N–H and O–H groups in total. The predicted octanol–water partition coefficient (Wildman–Crippen LogP) is 0.469. The number of nitrogens with zero attached hydrogens (tertiary/aromatic N) is 5. The number of aromatic nitrogens is 3. The van der Waals surface area contributed by atoms with E-state index in [0.29, 0.717) is 5.95 Å². The molecule has 7 nitrogen and oxygen atoms in total. The topological polar surface area (TPSA) is 83.2 Å². The molecule has 2 aromatic rings. The fourth-order valence-electron chi connectivity index (χ4n) is 3.52. The van der Waals surface area contributed by atoms with E-state index in [0.717, 1.165) is 63.6 Å². The van der Waals surface area contributed by atoms with Crippen LogP contribution >= 0.6 is 0 Å². The summed E-state index contributed by atoms with van der Waals surface area (Å²) in [6.07, 6.45) is 5.63. The zero-order valence-corrected chi connectivity index (χ0v) is 13.8. The van der Waals surface area contributed by atoms with Crippen molar-refractivity contribution in [1.29, 1.82) is 0 Å². The number of anilines is 3. The first-order chi connectivity index (χ1) is 11.8. The van der Waals surface area contributed by atoms with Crippen LogP contribution in [-0.4, -0.2) is 54.2 Å². The maximum atomic E-state index is 5.97. The van der Waals surface area contributed by atoms with Crippen LogP contribution in [0.25, 0.3) is 0 Å². The van der Waals surface area contributed by atoms with E-state index in [2.05, 4.69) is 36.1 Å². The summed E-state index contributed by atoms with van der Waals surface area (Å²) in [4.78, 5) is 18.0. The van der Waals surface area contributed by atoms with E-state index >= 15 is 0 Å². The molecule has 1 saturated heterocycles. The number of nitrogens with two attached hydrogens (primary N) is 1. The summed E-state index contributed by atoms with van der Waals surface area (Å²) in [5.74, 6) is 1.42. The van der Waals surface area contributed by atoms with Crippen LogP contribution in [0.15, 0.2) is 24.5 Å². The van der Waals surface area contributed by atoms with Crippen LogP contribution in [-0.2, 0) is 12.8 Å². The fourth-order valence-corrected chi connectivity index (χ4v) is 3.52. The number of hydrogen-bond donors (Lipinski definition) is 2. The Bertz CT molecular complexity index is 696. The third-order valence-corrected chi connectivity index (χ3v) is 4.77. The Morgan fingerprint density at radius 3 is 2.58 bits per heavy atom. The third kappa shape index (κ3) is 2.99. The van der Waals surface area contributed by atoms with E-state index in [9.17, 15) is 0 Å². The summed E-state index contributed by atoms with van der Waals surface area (Å²) in [5, 5.41) is 3.43. The van der Waals surface area contributed by atoms with E-state index in [4.69, 9.17) is 5.73 Å². The summed E-state index contributed by atoms with van der Waals surface area (Å²) in [7, 11) is 0. The van der Waals surface area contributed by atoms with Crippen molar-refractivity contribution in [3.63, 3.8) is 0 Å². The molecule has 24 heavy (non-hydrogen) atoms. The lowest BCUT2D eigenvalue weighted by Gasteiger charge is -2.37. The second-order valence-electron chi connectivity index (χ2n) is 6.27. The molecule has 0 radical (unpaired) electrons. The van der Waals surface area contributed by atoms with Gasteiger partial charge in [0.05, 0.1) is 17.6 Å². The van der Waals surface area contributed by atoms with Crippen molar-refractivity contribution in [3.8, 4) is 0 Å². The van der Waals surface area contributed by atoms with Crippen LogP contribution in [0.2, 0.25) is 0 Å². The smallest absolute Gasteiger partial charge is 0.222 e. The molecule has 0 aliphatic carbocycles. The molecule has 2 aliphatic rings. The van der Waals surface area contributed by atoms with Crippen LogP contribution in [0.1, 0.15) is 11.3 Å². The number of hydrogen-bond acceptors (Lipinski definition) is 7. The van der Waals surface area contributed by atoms with Crippen LogP contribution in [0.3, 0.4) is 0 Å². The van der Waals surface area contributed by atoms with E-state index in [1.165, 1.54) is 11.3 Å². The Morgan fingerprint density at radius 1 is 1.00 bits per heavy atom. The Hall–Kier alpha value is -2.41. The molecule has 0 saturated carbocycles. The zero-order valence-electron chi connectivity index (χ0n) is 13.8. The Balaban J connectivity index is 1.54. The van der Waals surface area contributed by atoms with Gasteiger partial charge in [0.2, 0.25) is 5.95 Å². The lowest BCUT2D eigenvalue weighted by molar-refractivity contribution is 0.642. The van der Waals surface area contributed by atoms with Gasteiger partial charge in [0, 0.05) is 50.9 Å². The second-order valence-corrected chi connectivity index (χ2v) is 6.27. The number of nitrogens with one attached hydrogen (secondary N) is 1. The maximum Gasteiger partial charge on any atom is 0.222 e. The first-order valence-corrected chi connectivity index (χ1v) is 8.57. The van der Waals surface area contributed by atoms with Crippen molar-refractivity contribution in [2.75, 3.05) is 54.8 Å². The zero-order chi connectivity index (χ0) is 16.4. The van der Waals surface area contributed by atoms with Gasteiger partial charge >= 0.3 is 0 Å². The molecule has 4 rings (SSSR count). The molecule has 0 aromatic carbocycles. The quantitative estimate of drug-likeness (QED) is 0.830. The van der Waals surface area contributed by atoms with Crippen molar-refractivity contribution in [2.24, 2.45) is 0 Å². The number of rotatable bonds is 2. The molecule has 0 amide bonds. The minimum Gasteiger partial charge on any atom is -0.368 e. The Kier molecular flexibility index (Phi) is 4.17. The first kappa shape index (κ1) is 15.1. The lowest BCUT2D eigenvalue weighted by Crippen LogP contribution is -2.47. The van der Waals surface area contributed by atoms with Gasteiger partial charge in [-0.3, -0.25) is 4.98 Å². The number of nitrogen functional groups attached to an aromatic ring is 1. The number of piperazine rings is 1. The molecule has 2 aromatic heterocycles. The average molecular weight is 325 g/mol. The van der Waals surface area contributed by atoms with Crippen molar-refractivity contribution in [1.82, 2.24) is 20.3 Å². The normalized spacial score (nSPS) is 18.2. The predicted molar refractivity (Wildman–Crippen MR) is 95.4 cm³/mol. The highest BCUT2D eigenvalue weighted by atomic mass is 15.3. The molecule has 0 atom stereocenters. The highest BCUT2D eigenvalue weighted by Gasteiger charge is 2.24. The molecule has 0 spiro atoms. The van der Waals surface area contributed by atoms with Gasteiger partial charge in [-0.1, -0.05) is 0 Å². The van der Waals surface area contributed by atoms with Gasteiger partial charge in [0.25, 0.3) is 0 Å². The maximum absolute atomic E-state index is 5.97. The lowest BCUT2D eigenvalue weighted by atomic mass is 10.1. The van der Waals surface area contributed by atoms with Gasteiger partial charge in [0.1, 0.15) is 5.82 Å². The highest BCUT2D eigenvalue weighted by Crippen LogP contribution is 2.26. The van der Waals surface area contributed by atoms with Gasteiger partial charge in [-0.05, 0) is 25.1 Å². The molecular formula is C17H23N7. The molecule has 1 fully saturated rings. The second kappa shape index (κ2) is 6.60. The summed E-state index contributed by atoms with van der Waals surface area (Å²) < 4.78 is 0. The molecule has 0 bridgehead atoms. The van der Waals surface area contributed by atoms with E-state index < -0.39 is 0 Å². The van der Waals surface area contributed by atoms with Gasteiger partial charge in [-0.25, -0.2) is 4.98 Å². The van der Waals surface area contributed by atoms with Crippen molar-refractivity contribution < 1.29 is 0 Å². The van der Waals surface area contributed by atoms with Crippen LogP contribution in [0, 0.1) is 0 Å².